The van der Waals surface area contributed by atoms with E-state index in [0.29, 0.717) is 12.8 Å². The van der Waals surface area contributed by atoms with E-state index in [-0.39, 0.29) is 29.1 Å². The second-order valence-corrected chi connectivity index (χ2v) is 10.0. The summed E-state index contributed by atoms with van der Waals surface area (Å²) < 4.78 is 45.3. The number of nitrogens with one attached hydrogen (secondary N) is 2. The number of rotatable bonds is 2. The first-order valence-corrected chi connectivity index (χ1v) is 9.73. The van der Waals surface area contributed by atoms with Crippen molar-refractivity contribution in [1.29, 1.82) is 0 Å². The Kier molecular flexibility index (Phi) is 3.54. The molecule has 2 saturated heterocycles. The van der Waals surface area contributed by atoms with Gasteiger partial charge in [-0.1, -0.05) is 0 Å². The molecule has 9 heteroatoms. The first-order valence-electron chi connectivity index (χ1n) is 6.09. The van der Waals surface area contributed by atoms with Crippen LogP contribution in [-0.4, -0.2) is 57.5 Å². The van der Waals surface area contributed by atoms with Crippen molar-refractivity contribution in [2.24, 2.45) is 0 Å². The van der Waals surface area contributed by atoms with Gasteiger partial charge < -0.3 is 10.6 Å². The lowest BCUT2D eigenvalue weighted by Crippen LogP contribution is -2.53. The normalized spacial score (nSPS) is 35.9. The second-order valence-electron chi connectivity index (χ2n) is 5.60. The Morgan fingerprint density at radius 1 is 1.16 bits per heavy atom. The van der Waals surface area contributed by atoms with Gasteiger partial charge in [-0.3, -0.25) is 0 Å². The molecule has 2 amide bonds. The maximum Gasteiger partial charge on any atom is 0.315 e. The Bertz CT molecular complexity index is 583. The molecule has 0 bridgehead atoms. The fraction of sp³-hybridized carbons (Fsp3) is 0.900. The molecule has 2 aliphatic heterocycles. The van der Waals surface area contributed by atoms with E-state index in [9.17, 15) is 21.6 Å². The fourth-order valence-corrected chi connectivity index (χ4v) is 6.28. The minimum absolute atomic E-state index is 0.0462. The number of hydrogen-bond donors (Lipinski definition) is 2. The number of urea groups is 1. The Labute approximate surface area is 113 Å². The average molecular weight is 310 g/mol. The van der Waals surface area contributed by atoms with Crippen LogP contribution in [0.5, 0.6) is 0 Å². The van der Waals surface area contributed by atoms with E-state index in [1.165, 1.54) is 0 Å². The molecule has 2 rings (SSSR count). The topological polar surface area (TPSA) is 109 Å². The van der Waals surface area contributed by atoms with Crippen molar-refractivity contribution in [2.75, 3.05) is 23.0 Å². The molecule has 0 radical (unpaired) electrons. The van der Waals surface area contributed by atoms with Gasteiger partial charge in [0.1, 0.15) is 0 Å². The predicted octanol–water partition coefficient (Wildman–Crippen LogP) is -0.950. The molecular weight excluding hydrogens is 292 g/mol. The van der Waals surface area contributed by atoms with E-state index in [1.54, 1.807) is 6.92 Å². The lowest BCUT2D eigenvalue weighted by atomic mass is 10.0. The van der Waals surface area contributed by atoms with Crippen LogP contribution in [0.1, 0.15) is 19.8 Å². The lowest BCUT2D eigenvalue weighted by Gasteiger charge is -2.25. The zero-order valence-corrected chi connectivity index (χ0v) is 12.3. The Hall–Kier alpha value is -0.830. The third-order valence-corrected chi connectivity index (χ3v) is 7.16. The summed E-state index contributed by atoms with van der Waals surface area (Å²) in [4.78, 5) is 11.8. The molecule has 0 aromatic rings. The zero-order chi connectivity index (χ0) is 14.3. The quantitative estimate of drug-likeness (QED) is 0.683. The zero-order valence-electron chi connectivity index (χ0n) is 10.7. The van der Waals surface area contributed by atoms with Gasteiger partial charge in [0.15, 0.2) is 19.7 Å². The van der Waals surface area contributed by atoms with Crippen molar-refractivity contribution >= 4 is 25.7 Å². The van der Waals surface area contributed by atoms with Gasteiger partial charge in [-0.2, -0.15) is 0 Å². The van der Waals surface area contributed by atoms with Crippen molar-refractivity contribution in [2.45, 2.75) is 31.3 Å². The monoisotopic (exact) mass is 310 g/mol. The van der Waals surface area contributed by atoms with Crippen molar-refractivity contribution < 1.29 is 21.6 Å². The number of sulfone groups is 2. The highest BCUT2D eigenvalue weighted by molar-refractivity contribution is 7.92. The SMILES string of the molecule is C[C@@]1(NC(=O)N[C@@H]2CCS(=O)(=O)C2)CCS(=O)(=O)C1. The molecule has 2 fully saturated rings. The highest BCUT2D eigenvalue weighted by Gasteiger charge is 2.40. The maximum atomic E-state index is 11.8. The number of carbonyl (C=O) groups excluding carboxylic acids is 1. The van der Waals surface area contributed by atoms with Crippen LogP contribution in [-0.2, 0) is 19.7 Å². The molecule has 0 aromatic carbocycles. The van der Waals surface area contributed by atoms with Crippen LogP contribution in [0.25, 0.3) is 0 Å². The largest absolute Gasteiger partial charge is 0.334 e. The van der Waals surface area contributed by atoms with Gasteiger partial charge in [0.2, 0.25) is 0 Å². The van der Waals surface area contributed by atoms with E-state index in [1.807, 2.05) is 0 Å². The first kappa shape index (κ1) is 14.6. The van der Waals surface area contributed by atoms with Gasteiger partial charge in [-0.05, 0) is 19.8 Å². The van der Waals surface area contributed by atoms with Crippen LogP contribution in [0, 0.1) is 0 Å². The molecule has 19 heavy (non-hydrogen) atoms. The summed E-state index contributed by atoms with van der Waals surface area (Å²) in [5.74, 6) is 0.0387. The van der Waals surface area contributed by atoms with Crippen LogP contribution in [0.15, 0.2) is 0 Å². The minimum atomic E-state index is -3.08. The van der Waals surface area contributed by atoms with Crippen molar-refractivity contribution in [3.05, 3.63) is 0 Å². The molecule has 0 spiro atoms. The van der Waals surface area contributed by atoms with E-state index in [2.05, 4.69) is 10.6 Å². The summed E-state index contributed by atoms with van der Waals surface area (Å²) in [5.41, 5.74) is -0.763. The number of carbonyl (C=O) groups is 1. The molecule has 0 aliphatic carbocycles. The minimum Gasteiger partial charge on any atom is -0.334 e. The predicted molar refractivity (Wildman–Crippen MR) is 70.4 cm³/mol. The summed E-state index contributed by atoms with van der Waals surface area (Å²) in [6, 6.07) is -0.881. The maximum absolute atomic E-state index is 11.8. The standard InChI is InChI=1S/C10H18N2O5S2/c1-10(3-5-19(16,17)7-10)12-9(13)11-8-2-4-18(14,15)6-8/h8H,2-7H2,1H3,(H2,11,12,13)/t8-,10-/m1/s1. The molecular formula is C10H18N2O5S2. The molecule has 2 atom stereocenters. The van der Waals surface area contributed by atoms with E-state index >= 15 is 0 Å². The lowest BCUT2D eigenvalue weighted by molar-refractivity contribution is 0.227. The van der Waals surface area contributed by atoms with Gasteiger partial charge in [-0.15, -0.1) is 0 Å². The number of hydrogen-bond acceptors (Lipinski definition) is 5. The summed E-state index contributed by atoms with van der Waals surface area (Å²) >= 11 is 0. The molecule has 7 nitrogen and oxygen atoms in total. The van der Waals surface area contributed by atoms with E-state index in [4.69, 9.17) is 0 Å². The molecule has 0 aromatic heterocycles. The van der Waals surface area contributed by atoms with Crippen LogP contribution >= 0.6 is 0 Å². The molecule has 0 unspecified atom stereocenters. The molecule has 0 saturated carbocycles. The third-order valence-electron chi connectivity index (χ3n) is 3.49. The fourth-order valence-electron chi connectivity index (χ4n) is 2.51. The van der Waals surface area contributed by atoms with Gasteiger partial charge >= 0.3 is 6.03 Å². The molecule has 2 N–H and O–H groups in total. The highest BCUT2D eigenvalue weighted by Crippen LogP contribution is 2.22. The third kappa shape index (κ3) is 3.82. The summed E-state index contributed by atoms with van der Waals surface area (Å²) in [6.07, 6.45) is 0.788. The van der Waals surface area contributed by atoms with Gasteiger partial charge in [0.05, 0.1) is 28.6 Å². The second kappa shape index (κ2) is 4.62. The highest BCUT2D eigenvalue weighted by atomic mass is 32.2. The first-order chi connectivity index (χ1) is 8.59. The van der Waals surface area contributed by atoms with Crippen molar-refractivity contribution in [3.63, 3.8) is 0 Å². The van der Waals surface area contributed by atoms with Gasteiger partial charge in [0.25, 0.3) is 0 Å². The Balaban J connectivity index is 1.89. The van der Waals surface area contributed by atoms with Crippen LogP contribution in [0.3, 0.4) is 0 Å². The van der Waals surface area contributed by atoms with Gasteiger partial charge in [0, 0.05) is 6.04 Å². The van der Waals surface area contributed by atoms with E-state index in [0.717, 1.165) is 0 Å². The summed E-state index contributed by atoms with van der Waals surface area (Å²) in [7, 11) is -6.12. The Morgan fingerprint density at radius 2 is 1.84 bits per heavy atom. The van der Waals surface area contributed by atoms with Crippen molar-refractivity contribution in [3.8, 4) is 0 Å². The summed E-state index contributed by atoms with van der Waals surface area (Å²) in [6.45, 7) is 1.68. The molecule has 2 aliphatic rings. The Morgan fingerprint density at radius 3 is 2.32 bits per heavy atom. The summed E-state index contributed by atoms with van der Waals surface area (Å²) in [5, 5.41) is 5.23. The van der Waals surface area contributed by atoms with Crippen LogP contribution < -0.4 is 10.6 Å². The number of amides is 2. The molecule has 2 heterocycles. The van der Waals surface area contributed by atoms with E-state index < -0.39 is 31.2 Å². The van der Waals surface area contributed by atoms with Crippen LogP contribution in [0.4, 0.5) is 4.79 Å². The van der Waals surface area contributed by atoms with Crippen LogP contribution in [0.2, 0.25) is 0 Å². The molecule has 110 valence electrons. The smallest absolute Gasteiger partial charge is 0.315 e. The van der Waals surface area contributed by atoms with Gasteiger partial charge in [-0.25, -0.2) is 21.6 Å². The average Bonchev–Trinajstić information content (AvgIpc) is 2.66. The van der Waals surface area contributed by atoms with Crippen molar-refractivity contribution in [1.82, 2.24) is 10.6 Å².